The van der Waals surface area contributed by atoms with Gasteiger partial charge in [0.05, 0.1) is 10.0 Å². The summed E-state index contributed by atoms with van der Waals surface area (Å²) in [6.45, 7) is 5.60. The molecule has 1 saturated heterocycles. The zero-order valence-corrected chi connectivity index (χ0v) is 13.3. The Morgan fingerprint density at radius 3 is 2.14 bits per heavy atom. The first-order valence-corrected chi connectivity index (χ1v) is 7.63. The molecule has 2 heterocycles. The van der Waals surface area contributed by atoms with E-state index in [1.54, 1.807) is 0 Å². The number of piperazine rings is 1. The maximum absolute atomic E-state index is 6.08. The fourth-order valence-corrected chi connectivity index (χ4v) is 2.69. The third-order valence-electron chi connectivity index (χ3n) is 3.60. The molecule has 0 atom stereocenters. The molecule has 0 aliphatic carbocycles. The molecule has 0 bridgehead atoms. The number of halogens is 2. The van der Waals surface area contributed by atoms with E-state index in [0.29, 0.717) is 10.0 Å². The van der Waals surface area contributed by atoms with E-state index in [4.69, 9.17) is 23.2 Å². The SMILES string of the molecule is Cc1cnc(N2CCN(c3ccc(Cl)c(Cl)c3)CC2)nc1. The number of aryl methyl sites for hydroxylation is 1. The molecule has 1 fully saturated rings. The van der Waals surface area contributed by atoms with E-state index in [-0.39, 0.29) is 0 Å². The molecule has 21 heavy (non-hydrogen) atoms. The minimum atomic E-state index is 0.590. The second-order valence-corrected chi connectivity index (χ2v) is 5.95. The molecule has 0 N–H and O–H groups in total. The Hall–Kier alpha value is -1.52. The summed E-state index contributed by atoms with van der Waals surface area (Å²) in [6, 6.07) is 5.77. The molecule has 1 aromatic carbocycles. The van der Waals surface area contributed by atoms with Crippen LogP contribution in [0.5, 0.6) is 0 Å². The van der Waals surface area contributed by atoms with Gasteiger partial charge >= 0.3 is 0 Å². The van der Waals surface area contributed by atoms with Gasteiger partial charge in [-0.15, -0.1) is 0 Å². The van der Waals surface area contributed by atoms with Crippen LogP contribution in [-0.2, 0) is 0 Å². The third-order valence-corrected chi connectivity index (χ3v) is 4.34. The average molecular weight is 323 g/mol. The van der Waals surface area contributed by atoms with E-state index < -0.39 is 0 Å². The van der Waals surface area contributed by atoms with Crippen molar-refractivity contribution in [1.82, 2.24) is 9.97 Å². The lowest BCUT2D eigenvalue weighted by Crippen LogP contribution is -2.47. The second kappa shape index (κ2) is 6.08. The van der Waals surface area contributed by atoms with Gasteiger partial charge in [0.25, 0.3) is 0 Å². The molecule has 0 amide bonds. The summed E-state index contributed by atoms with van der Waals surface area (Å²) in [7, 11) is 0. The van der Waals surface area contributed by atoms with E-state index in [2.05, 4.69) is 19.8 Å². The molecule has 3 rings (SSSR count). The van der Waals surface area contributed by atoms with Gasteiger partial charge in [-0.1, -0.05) is 23.2 Å². The monoisotopic (exact) mass is 322 g/mol. The van der Waals surface area contributed by atoms with Crippen molar-refractivity contribution in [3.8, 4) is 0 Å². The van der Waals surface area contributed by atoms with Gasteiger partial charge in [0.15, 0.2) is 0 Å². The Morgan fingerprint density at radius 1 is 0.905 bits per heavy atom. The number of hydrogen-bond acceptors (Lipinski definition) is 4. The Morgan fingerprint density at radius 2 is 1.52 bits per heavy atom. The fraction of sp³-hybridized carbons (Fsp3) is 0.333. The highest BCUT2D eigenvalue weighted by Crippen LogP contribution is 2.28. The Balaban J connectivity index is 1.67. The summed E-state index contributed by atoms with van der Waals surface area (Å²) in [5.74, 6) is 0.800. The normalized spacial score (nSPS) is 15.4. The predicted molar refractivity (Wildman–Crippen MR) is 87.7 cm³/mol. The van der Waals surface area contributed by atoms with E-state index in [1.807, 2.05) is 37.5 Å². The highest BCUT2D eigenvalue weighted by Gasteiger charge is 2.19. The largest absolute Gasteiger partial charge is 0.368 e. The van der Waals surface area contributed by atoms with Crippen LogP contribution in [0.3, 0.4) is 0 Å². The van der Waals surface area contributed by atoms with Crippen LogP contribution >= 0.6 is 23.2 Å². The molecule has 6 heteroatoms. The number of anilines is 2. The Bertz CT molecular complexity index is 622. The quantitative estimate of drug-likeness (QED) is 0.848. The van der Waals surface area contributed by atoms with Gasteiger partial charge in [0.1, 0.15) is 0 Å². The smallest absolute Gasteiger partial charge is 0.225 e. The number of aromatic nitrogens is 2. The van der Waals surface area contributed by atoms with Gasteiger partial charge in [-0.2, -0.15) is 0 Å². The lowest BCUT2D eigenvalue weighted by atomic mass is 10.2. The van der Waals surface area contributed by atoms with Crippen LogP contribution in [0.1, 0.15) is 5.56 Å². The van der Waals surface area contributed by atoms with Crippen LogP contribution in [-0.4, -0.2) is 36.1 Å². The molecule has 1 aromatic heterocycles. The van der Waals surface area contributed by atoms with E-state index in [9.17, 15) is 0 Å². The van der Waals surface area contributed by atoms with Crippen LogP contribution in [0.25, 0.3) is 0 Å². The molecule has 0 radical (unpaired) electrons. The zero-order chi connectivity index (χ0) is 14.8. The maximum atomic E-state index is 6.08. The lowest BCUT2D eigenvalue weighted by molar-refractivity contribution is 0.639. The van der Waals surface area contributed by atoms with Crippen molar-refractivity contribution in [3.63, 3.8) is 0 Å². The van der Waals surface area contributed by atoms with E-state index in [0.717, 1.165) is 43.4 Å². The van der Waals surface area contributed by atoms with Crippen LogP contribution in [0.2, 0.25) is 10.0 Å². The zero-order valence-electron chi connectivity index (χ0n) is 11.8. The fourth-order valence-electron chi connectivity index (χ4n) is 2.40. The first-order chi connectivity index (χ1) is 10.1. The molecule has 0 spiro atoms. The van der Waals surface area contributed by atoms with Crippen LogP contribution < -0.4 is 9.80 Å². The highest BCUT2D eigenvalue weighted by atomic mass is 35.5. The highest BCUT2D eigenvalue weighted by molar-refractivity contribution is 6.42. The van der Waals surface area contributed by atoms with Crippen molar-refractivity contribution in [2.24, 2.45) is 0 Å². The van der Waals surface area contributed by atoms with E-state index >= 15 is 0 Å². The Labute approximate surface area is 134 Å². The van der Waals surface area contributed by atoms with Gasteiger partial charge in [-0.3, -0.25) is 0 Å². The van der Waals surface area contributed by atoms with Gasteiger partial charge in [0.2, 0.25) is 5.95 Å². The first kappa shape index (κ1) is 14.4. The number of nitrogens with zero attached hydrogens (tertiary/aromatic N) is 4. The van der Waals surface area contributed by atoms with Gasteiger partial charge in [0, 0.05) is 44.3 Å². The summed E-state index contributed by atoms with van der Waals surface area (Å²) >= 11 is 12.0. The van der Waals surface area contributed by atoms with Crippen molar-refractivity contribution in [1.29, 1.82) is 0 Å². The molecule has 1 aliphatic rings. The minimum Gasteiger partial charge on any atom is -0.368 e. The van der Waals surface area contributed by atoms with Crippen molar-refractivity contribution >= 4 is 34.8 Å². The molecule has 2 aromatic rings. The molecule has 1 aliphatic heterocycles. The summed E-state index contributed by atoms with van der Waals surface area (Å²) in [5.41, 5.74) is 2.18. The van der Waals surface area contributed by atoms with Crippen LogP contribution in [0.4, 0.5) is 11.6 Å². The molecule has 0 saturated carbocycles. The van der Waals surface area contributed by atoms with Gasteiger partial charge < -0.3 is 9.80 Å². The van der Waals surface area contributed by atoms with Crippen molar-refractivity contribution < 1.29 is 0 Å². The standard InChI is InChI=1S/C15H16Cl2N4/c1-11-9-18-15(19-10-11)21-6-4-20(5-7-21)12-2-3-13(16)14(17)8-12/h2-3,8-10H,4-7H2,1H3. The van der Waals surface area contributed by atoms with Crippen molar-refractivity contribution in [2.45, 2.75) is 6.92 Å². The lowest BCUT2D eigenvalue weighted by Gasteiger charge is -2.36. The van der Waals surface area contributed by atoms with Gasteiger partial charge in [-0.05, 0) is 30.7 Å². The third kappa shape index (κ3) is 3.22. The summed E-state index contributed by atoms with van der Waals surface area (Å²) in [4.78, 5) is 13.3. The first-order valence-electron chi connectivity index (χ1n) is 6.87. The number of rotatable bonds is 2. The maximum Gasteiger partial charge on any atom is 0.225 e. The Kier molecular flexibility index (Phi) is 4.17. The van der Waals surface area contributed by atoms with Gasteiger partial charge in [-0.25, -0.2) is 9.97 Å². The summed E-state index contributed by atoms with van der Waals surface area (Å²) in [6.07, 6.45) is 3.71. The predicted octanol–water partition coefficient (Wildman–Crippen LogP) is 3.42. The second-order valence-electron chi connectivity index (χ2n) is 5.13. The topological polar surface area (TPSA) is 32.3 Å². The minimum absolute atomic E-state index is 0.590. The molecule has 0 unspecified atom stereocenters. The molecule has 4 nitrogen and oxygen atoms in total. The van der Waals surface area contributed by atoms with Crippen molar-refractivity contribution in [2.75, 3.05) is 36.0 Å². The van der Waals surface area contributed by atoms with Crippen LogP contribution in [0, 0.1) is 6.92 Å². The van der Waals surface area contributed by atoms with E-state index in [1.165, 1.54) is 0 Å². The number of benzene rings is 1. The molecular weight excluding hydrogens is 307 g/mol. The summed E-state index contributed by atoms with van der Waals surface area (Å²) < 4.78 is 0. The molecular formula is C15H16Cl2N4. The molecule has 110 valence electrons. The summed E-state index contributed by atoms with van der Waals surface area (Å²) in [5, 5.41) is 1.19. The average Bonchev–Trinajstić information content (AvgIpc) is 2.51. The van der Waals surface area contributed by atoms with Crippen LogP contribution in [0.15, 0.2) is 30.6 Å². The number of hydrogen-bond donors (Lipinski definition) is 0. The van der Waals surface area contributed by atoms with Crippen molar-refractivity contribution in [3.05, 3.63) is 46.2 Å².